The predicted molar refractivity (Wildman–Crippen MR) is 87.4 cm³/mol. The molecule has 3 unspecified atom stereocenters. The smallest absolute Gasteiger partial charge is 0.326 e. The van der Waals surface area contributed by atoms with Crippen molar-refractivity contribution >= 4 is 5.97 Å². The van der Waals surface area contributed by atoms with E-state index < -0.39 is 5.54 Å². The van der Waals surface area contributed by atoms with Gasteiger partial charge in [0.25, 0.3) is 0 Å². The molecule has 1 aliphatic carbocycles. The topological polar surface area (TPSA) is 41.6 Å². The molecule has 0 saturated heterocycles. The Hall–Kier alpha value is -0.610. The molecule has 4 heteroatoms. The van der Waals surface area contributed by atoms with E-state index in [0.29, 0.717) is 18.7 Å². The molecule has 0 amide bonds. The Morgan fingerprint density at radius 2 is 2.00 bits per heavy atom. The maximum absolute atomic E-state index is 12.3. The maximum atomic E-state index is 12.3. The van der Waals surface area contributed by atoms with E-state index in [1.165, 1.54) is 12.8 Å². The Kier molecular flexibility index (Phi) is 7.14. The fourth-order valence-corrected chi connectivity index (χ4v) is 2.97. The Morgan fingerprint density at radius 3 is 2.48 bits per heavy atom. The Bertz CT molecular complexity index is 331. The number of rotatable bonds is 10. The van der Waals surface area contributed by atoms with E-state index in [-0.39, 0.29) is 5.97 Å². The molecule has 1 aliphatic rings. The molecule has 1 saturated carbocycles. The fraction of sp³-hybridized carbons (Fsp3) is 0.941. The van der Waals surface area contributed by atoms with E-state index >= 15 is 0 Å². The fourth-order valence-electron chi connectivity index (χ4n) is 2.97. The summed E-state index contributed by atoms with van der Waals surface area (Å²) < 4.78 is 5.29. The highest BCUT2D eigenvalue weighted by Gasteiger charge is 2.39. The molecule has 124 valence electrons. The third kappa shape index (κ3) is 5.26. The van der Waals surface area contributed by atoms with Gasteiger partial charge in [-0.2, -0.15) is 0 Å². The molecule has 0 heterocycles. The lowest BCUT2D eigenvalue weighted by atomic mass is 9.92. The van der Waals surface area contributed by atoms with Crippen molar-refractivity contribution in [3.8, 4) is 0 Å². The van der Waals surface area contributed by atoms with Gasteiger partial charge < -0.3 is 15.0 Å². The average Bonchev–Trinajstić information content (AvgIpc) is 3.28. The Morgan fingerprint density at radius 1 is 1.38 bits per heavy atom. The van der Waals surface area contributed by atoms with Gasteiger partial charge in [-0.25, -0.2) is 0 Å². The summed E-state index contributed by atoms with van der Waals surface area (Å²) in [5.41, 5.74) is -0.594. The van der Waals surface area contributed by atoms with Crippen molar-refractivity contribution in [3.05, 3.63) is 0 Å². The van der Waals surface area contributed by atoms with E-state index in [4.69, 9.17) is 4.74 Å². The van der Waals surface area contributed by atoms with Crippen LogP contribution in [0.2, 0.25) is 0 Å². The zero-order chi connectivity index (χ0) is 16.0. The molecule has 0 aromatic carbocycles. The predicted octanol–water partition coefficient (Wildman–Crippen LogP) is 2.82. The van der Waals surface area contributed by atoms with Gasteiger partial charge >= 0.3 is 5.97 Å². The molecule has 0 aliphatic heterocycles. The third-order valence-electron chi connectivity index (χ3n) is 4.84. The lowest BCUT2D eigenvalue weighted by Gasteiger charge is -2.37. The van der Waals surface area contributed by atoms with Crippen LogP contribution in [0.5, 0.6) is 0 Å². The number of carbonyl (C=O) groups excluding carboxylic acids is 1. The minimum atomic E-state index is -0.594. The summed E-state index contributed by atoms with van der Waals surface area (Å²) in [5, 5.41) is 3.40. The van der Waals surface area contributed by atoms with Crippen LogP contribution in [0.3, 0.4) is 0 Å². The highest BCUT2D eigenvalue weighted by Crippen LogP contribution is 2.36. The molecule has 1 N–H and O–H groups in total. The quantitative estimate of drug-likeness (QED) is 0.630. The summed E-state index contributed by atoms with van der Waals surface area (Å²) >= 11 is 0. The Labute approximate surface area is 130 Å². The second-order valence-electron chi connectivity index (χ2n) is 6.78. The Balaban J connectivity index is 2.67. The summed E-state index contributed by atoms with van der Waals surface area (Å²) in [7, 11) is 2.18. The zero-order valence-electron chi connectivity index (χ0n) is 14.7. The van der Waals surface area contributed by atoms with Gasteiger partial charge in [0.1, 0.15) is 5.54 Å². The largest absolute Gasteiger partial charge is 0.465 e. The van der Waals surface area contributed by atoms with Gasteiger partial charge in [0, 0.05) is 12.1 Å². The lowest BCUT2D eigenvalue weighted by Crippen LogP contribution is -2.55. The van der Waals surface area contributed by atoms with E-state index in [9.17, 15) is 4.79 Å². The van der Waals surface area contributed by atoms with Gasteiger partial charge in [-0.15, -0.1) is 0 Å². The van der Waals surface area contributed by atoms with Crippen LogP contribution in [0, 0.1) is 5.92 Å². The zero-order valence-corrected chi connectivity index (χ0v) is 14.7. The minimum absolute atomic E-state index is 0.127. The second kappa shape index (κ2) is 8.14. The van der Waals surface area contributed by atoms with Gasteiger partial charge in [-0.1, -0.05) is 6.92 Å². The SMILES string of the molecule is CCCNC(C)(CC(C)N(C)C(C)C1CC1)C(=O)OCC. The standard InChI is InChI=1S/C17H34N2O2/c1-7-11-18-17(5,16(20)21-8-2)12-13(3)19(6)14(4)15-9-10-15/h13-15,18H,7-12H2,1-6H3. The van der Waals surface area contributed by atoms with Crippen molar-refractivity contribution in [3.63, 3.8) is 0 Å². The number of hydrogen-bond donors (Lipinski definition) is 1. The molecule has 4 nitrogen and oxygen atoms in total. The lowest BCUT2D eigenvalue weighted by molar-refractivity contribution is -0.151. The highest BCUT2D eigenvalue weighted by molar-refractivity contribution is 5.80. The van der Waals surface area contributed by atoms with Gasteiger partial charge in [0.2, 0.25) is 0 Å². The first-order valence-corrected chi connectivity index (χ1v) is 8.49. The summed E-state index contributed by atoms with van der Waals surface area (Å²) in [4.78, 5) is 14.8. The molecule has 0 bridgehead atoms. The van der Waals surface area contributed by atoms with Gasteiger partial charge in [-0.3, -0.25) is 4.79 Å². The molecule has 1 rings (SSSR count). The second-order valence-corrected chi connectivity index (χ2v) is 6.78. The van der Waals surface area contributed by atoms with Crippen molar-refractivity contribution in [2.24, 2.45) is 5.92 Å². The van der Waals surface area contributed by atoms with Gasteiger partial charge in [-0.05, 0) is 72.9 Å². The van der Waals surface area contributed by atoms with Crippen LogP contribution < -0.4 is 5.32 Å². The summed E-state index contributed by atoms with van der Waals surface area (Å²) in [5.74, 6) is 0.715. The number of nitrogens with zero attached hydrogens (tertiary/aromatic N) is 1. The molecule has 21 heavy (non-hydrogen) atoms. The van der Waals surface area contributed by atoms with Crippen LogP contribution in [0.1, 0.15) is 60.3 Å². The highest BCUT2D eigenvalue weighted by atomic mass is 16.5. The minimum Gasteiger partial charge on any atom is -0.465 e. The molecule has 0 aromatic heterocycles. The maximum Gasteiger partial charge on any atom is 0.326 e. The van der Waals surface area contributed by atoms with Crippen molar-refractivity contribution in [1.82, 2.24) is 10.2 Å². The van der Waals surface area contributed by atoms with E-state index in [1.54, 1.807) is 0 Å². The summed E-state index contributed by atoms with van der Waals surface area (Å²) in [6.07, 6.45) is 4.49. The van der Waals surface area contributed by atoms with E-state index in [0.717, 1.165) is 25.3 Å². The average molecular weight is 298 g/mol. The molecule has 0 aromatic rings. The number of ether oxygens (including phenoxy) is 1. The summed E-state index contributed by atoms with van der Waals surface area (Å²) in [6.45, 7) is 11.7. The molecule has 0 spiro atoms. The van der Waals surface area contributed by atoms with Crippen LogP contribution >= 0.6 is 0 Å². The van der Waals surface area contributed by atoms with E-state index in [2.05, 4.69) is 38.0 Å². The normalized spacial score (nSPS) is 20.9. The van der Waals surface area contributed by atoms with Crippen molar-refractivity contribution in [2.45, 2.75) is 77.9 Å². The first kappa shape index (κ1) is 18.4. The van der Waals surface area contributed by atoms with Gasteiger partial charge in [0.05, 0.1) is 6.61 Å². The molecular formula is C17H34N2O2. The first-order chi connectivity index (χ1) is 9.85. The van der Waals surface area contributed by atoms with Crippen LogP contribution in [-0.2, 0) is 9.53 Å². The van der Waals surface area contributed by atoms with Crippen LogP contribution in [0.15, 0.2) is 0 Å². The van der Waals surface area contributed by atoms with Crippen LogP contribution in [0.4, 0.5) is 0 Å². The number of nitrogens with one attached hydrogen (secondary N) is 1. The number of hydrogen-bond acceptors (Lipinski definition) is 4. The van der Waals surface area contributed by atoms with Gasteiger partial charge in [0.15, 0.2) is 0 Å². The van der Waals surface area contributed by atoms with Crippen molar-refractivity contribution in [1.29, 1.82) is 0 Å². The summed E-state index contributed by atoms with van der Waals surface area (Å²) in [6, 6.07) is 0.942. The van der Waals surface area contributed by atoms with Crippen LogP contribution in [0.25, 0.3) is 0 Å². The number of carbonyl (C=O) groups is 1. The number of esters is 1. The van der Waals surface area contributed by atoms with Crippen molar-refractivity contribution < 1.29 is 9.53 Å². The molecule has 1 fully saturated rings. The van der Waals surface area contributed by atoms with E-state index in [1.807, 2.05) is 13.8 Å². The van der Waals surface area contributed by atoms with Crippen LogP contribution in [-0.4, -0.2) is 48.7 Å². The molecular weight excluding hydrogens is 264 g/mol. The first-order valence-electron chi connectivity index (χ1n) is 8.49. The van der Waals surface area contributed by atoms with Crippen molar-refractivity contribution in [2.75, 3.05) is 20.2 Å². The molecule has 0 radical (unpaired) electrons. The molecule has 3 atom stereocenters. The monoisotopic (exact) mass is 298 g/mol. The third-order valence-corrected chi connectivity index (χ3v) is 4.84.